The number of nitrogens with zero attached hydrogens (tertiary/aromatic N) is 1. The monoisotopic (exact) mass is 426 g/mol. The third-order valence-electron chi connectivity index (χ3n) is 4.58. The zero-order valence-electron chi connectivity index (χ0n) is 17.4. The Kier molecular flexibility index (Phi) is 6.44. The predicted molar refractivity (Wildman–Crippen MR) is 111 cm³/mol. The highest BCUT2D eigenvalue weighted by atomic mass is 16.5. The second-order valence-electron chi connectivity index (χ2n) is 6.55. The first-order chi connectivity index (χ1) is 14.9. The molecule has 0 unspecified atom stereocenters. The van der Waals surface area contributed by atoms with Crippen LogP contribution in [0.1, 0.15) is 27.4 Å². The lowest BCUT2D eigenvalue weighted by atomic mass is 10.0. The van der Waals surface area contributed by atoms with E-state index in [0.29, 0.717) is 23.5 Å². The highest BCUT2D eigenvalue weighted by Gasteiger charge is 2.34. The molecule has 0 atom stereocenters. The summed E-state index contributed by atoms with van der Waals surface area (Å²) < 4.78 is 20.7. The van der Waals surface area contributed by atoms with E-state index in [9.17, 15) is 14.4 Å². The first kappa shape index (κ1) is 21.7. The SMILES string of the molecule is C=CCc1cc(C=C2NC(=O)N(Cc3ccc(C(=O)OC)o3)C2=O)cc(OC)c1OC. The molecule has 3 amide bonds. The lowest BCUT2D eigenvalue weighted by Gasteiger charge is -2.13. The molecule has 1 fully saturated rings. The largest absolute Gasteiger partial charge is 0.493 e. The van der Waals surface area contributed by atoms with Gasteiger partial charge in [-0.15, -0.1) is 6.58 Å². The van der Waals surface area contributed by atoms with E-state index in [1.807, 2.05) is 6.07 Å². The minimum absolute atomic E-state index is 0.0135. The molecule has 162 valence electrons. The van der Waals surface area contributed by atoms with Gasteiger partial charge in [-0.3, -0.25) is 9.69 Å². The summed E-state index contributed by atoms with van der Waals surface area (Å²) in [5.74, 6) is 0.152. The Hall–Kier alpha value is -4.01. The van der Waals surface area contributed by atoms with Crippen LogP contribution in [-0.2, 0) is 22.5 Å². The van der Waals surface area contributed by atoms with Crippen LogP contribution in [0.4, 0.5) is 4.79 Å². The summed E-state index contributed by atoms with van der Waals surface area (Å²) in [4.78, 5) is 37.6. The third kappa shape index (κ3) is 4.45. The van der Waals surface area contributed by atoms with Crippen molar-refractivity contribution in [3.63, 3.8) is 0 Å². The molecule has 2 aromatic rings. The molecule has 0 saturated carbocycles. The maximum Gasteiger partial charge on any atom is 0.373 e. The van der Waals surface area contributed by atoms with Crippen LogP contribution in [-0.4, -0.2) is 44.1 Å². The summed E-state index contributed by atoms with van der Waals surface area (Å²) in [6, 6.07) is 5.85. The third-order valence-corrected chi connectivity index (χ3v) is 4.58. The predicted octanol–water partition coefficient (Wildman–Crippen LogP) is 2.90. The molecule has 0 bridgehead atoms. The standard InChI is InChI=1S/C22H22N2O7/c1-5-6-14-9-13(11-18(28-2)19(14)29-3)10-16-20(25)24(22(27)23-16)12-15-7-8-17(31-15)21(26)30-4/h5,7-11H,1,6,12H2,2-4H3,(H,23,27). The van der Waals surface area contributed by atoms with Crippen molar-refractivity contribution < 1.29 is 33.0 Å². The van der Waals surface area contributed by atoms with E-state index >= 15 is 0 Å². The van der Waals surface area contributed by atoms with Crippen molar-refractivity contribution in [3.8, 4) is 11.5 Å². The van der Waals surface area contributed by atoms with Crippen LogP contribution in [0.2, 0.25) is 0 Å². The van der Waals surface area contributed by atoms with Gasteiger partial charge in [0.25, 0.3) is 5.91 Å². The van der Waals surface area contributed by atoms with E-state index in [0.717, 1.165) is 10.5 Å². The summed E-state index contributed by atoms with van der Waals surface area (Å²) in [5.41, 5.74) is 1.57. The lowest BCUT2D eigenvalue weighted by Crippen LogP contribution is -2.30. The average Bonchev–Trinajstić information content (AvgIpc) is 3.33. The Morgan fingerprint density at radius 3 is 2.61 bits per heavy atom. The smallest absolute Gasteiger partial charge is 0.373 e. The first-order valence-electron chi connectivity index (χ1n) is 9.29. The van der Waals surface area contributed by atoms with Gasteiger partial charge in [0.05, 0.1) is 27.9 Å². The van der Waals surface area contributed by atoms with Crippen LogP contribution >= 0.6 is 0 Å². The van der Waals surface area contributed by atoms with Crippen molar-refractivity contribution in [3.05, 3.63) is 65.3 Å². The first-order valence-corrected chi connectivity index (χ1v) is 9.29. The van der Waals surface area contributed by atoms with Gasteiger partial charge in [0.15, 0.2) is 11.5 Å². The number of carbonyl (C=O) groups excluding carboxylic acids is 3. The second kappa shape index (κ2) is 9.21. The normalized spacial score (nSPS) is 14.5. The van der Waals surface area contributed by atoms with Crippen LogP contribution in [0.15, 0.2) is 47.0 Å². The topological polar surface area (TPSA) is 107 Å². The molecule has 1 saturated heterocycles. The minimum atomic E-state index is -0.646. The van der Waals surface area contributed by atoms with Crippen LogP contribution in [0.3, 0.4) is 0 Å². The zero-order valence-corrected chi connectivity index (χ0v) is 17.4. The Labute approximate surface area is 178 Å². The van der Waals surface area contributed by atoms with Crippen LogP contribution < -0.4 is 14.8 Å². The quantitative estimate of drug-likeness (QED) is 0.299. The fourth-order valence-electron chi connectivity index (χ4n) is 3.17. The molecule has 0 radical (unpaired) electrons. The molecule has 1 aromatic carbocycles. The fraction of sp³-hybridized carbons (Fsp3) is 0.227. The van der Waals surface area contributed by atoms with Gasteiger partial charge in [-0.1, -0.05) is 6.08 Å². The van der Waals surface area contributed by atoms with Gasteiger partial charge in [-0.2, -0.15) is 0 Å². The molecule has 31 heavy (non-hydrogen) atoms. The number of methoxy groups -OCH3 is 3. The van der Waals surface area contributed by atoms with Crippen LogP contribution in [0.5, 0.6) is 11.5 Å². The lowest BCUT2D eigenvalue weighted by molar-refractivity contribution is -0.123. The van der Waals surface area contributed by atoms with Gasteiger partial charge in [-0.25, -0.2) is 9.59 Å². The number of carbonyl (C=O) groups is 3. The maximum absolute atomic E-state index is 12.8. The van der Waals surface area contributed by atoms with Gasteiger partial charge >= 0.3 is 12.0 Å². The highest BCUT2D eigenvalue weighted by molar-refractivity contribution is 6.13. The number of urea groups is 1. The maximum atomic E-state index is 12.8. The van der Waals surface area contributed by atoms with Gasteiger partial charge in [-0.05, 0) is 42.3 Å². The fourth-order valence-corrected chi connectivity index (χ4v) is 3.17. The number of rotatable bonds is 8. The molecule has 1 aliphatic rings. The number of furan rings is 1. The number of imide groups is 1. The average molecular weight is 426 g/mol. The number of benzene rings is 1. The van der Waals surface area contributed by atoms with E-state index in [4.69, 9.17) is 13.9 Å². The number of nitrogens with one attached hydrogen (secondary N) is 1. The Bertz CT molecular complexity index is 1070. The van der Waals surface area contributed by atoms with Gasteiger partial charge in [0.1, 0.15) is 11.5 Å². The molecule has 0 aliphatic carbocycles. The zero-order chi connectivity index (χ0) is 22.5. The van der Waals surface area contributed by atoms with E-state index in [1.54, 1.807) is 25.3 Å². The van der Waals surface area contributed by atoms with Gasteiger partial charge in [0, 0.05) is 5.56 Å². The number of allylic oxidation sites excluding steroid dienone is 1. The summed E-state index contributed by atoms with van der Waals surface area (Å²) in [6.07, 6.45) is 3.81. The van der Waals surface area contributed by atoms with Crippen molar-refractivity contribution in [2.24, 2.45) is 0 Å². The highest BCUT2D eigenvalue weighted by Crippen LogP contribution is 2.34. The van der Waals surface area contributed by atoms with Crippen molar-refractivity contribution in [2.75, 3.05) is 21.3 Å². The molecule has 2 heterocycles. The molecular formula is C22H22N2O7. The molecule has 1 N–H and O–H groups in total. The Morgan fingerprint density at radius 1 is 1.19 bits per heavy atom. The van der Waals surface area contributed by atoms with Crippen LogP contribution in [0.25, 0.3) is 6.08 Å². The van der Waals surface area contributed by atoms with Gasteiger partial charge < -0.3 is 23.9 Å². The minimum Gasteiger partial charge on any atom is -0.493 e. The Morgan fingerprint density at radius 2 is 1.97 bits per heavy atom. The summed E-state index contributed by atoms with van der Waals surface area (Å²) in [5, 5.41) is 2.55. The summed E-state index contributed by atoms with van der Waals surface area (Å²) >= 11 is 0. The molecular weight excluding hydrogens is 404 g/mol. The molecule has 9 nitrogen and oxygen atoms in total. The Balaban J connectivity index is 1.86. The number of hydrogen-bond acceptors (Lipinski definition) is 7. The molecule has 3 rings (SSSR count). The number of esters is 1. The molecule has 1 aliphatic heterocycles. The van der Waals surface area contributed by atoms with E-state index < -0.39 is 17.9 Å². The van der Waals surface area contributed by atoms with Crippen LogP contribution in [0, 0.1) is 0 Å². The number of ether oxygens (including phenoxy) is 3. The van der Waals surface area contributed by atoms with Crippen molar-refractivity contribution in [1.29, 1.82) is 0 Å². The van der Waals surface area contributed by atoms with Gasteiger partial charge in [0.2, 0.25) is 5.76 Å². The summed E-state index contributed by atoms with van der Waals surface area (Å²) in [7, 11) is 4.29. The van der Waals surface area contributed by atoms with Crippen molar-refractivity contribution >= 4 is 24.0 Å². The van der Waals surface area contributed by atoms with Crippen molar-refractivity contribution in [2.45, 2.75) is 13.0 Å². The molecule has 9 heteroatoms. The van der Waals surface area contributed by atoms with Crippen molar-refractivity contribution in [1.82, 2.24) is 10.2 Å². The molecule has 0 spiro atoms. The number of amides is 3. The second-order valence-corrected chi connectivity index (χ2v) is 6.55. The molecule has 1 aromatic heterocycles. The summed E-state index contributed by atoms with van der Waals surface area (Å²) in [6.45, 7) is 3.61. The van der Waals surface area contributed by atoms with E-state index in [1.165, 1.54) is 26.4 Å². The van der Waals surface area contributed by atoms with E-state index in [-0.39, 0.29) is 23.8 Å². The van der Waals surface area contributed by atoms with E-state index in [2.05, 4.69) is 16.6 Å². The number of hydrogen-bond donors (Lipinski definition) is 1.